The van der Waals surface area contributed by atoms with Gasteiger partial charge >= 0.3 is 12.1 Å². The van der Waals surface area contributed by atoms with Crippen LogP contribution in [-0.2, 0) is 14.3 Å². The van der Waals surface area contributed by atoms with Crippen molar-refractivity contribution in [3.8, 4) is 0 Å². The van der Waals surface area contributed by atoms with Gasteiger partial charge in [-0.05, 0) is 52.2 Å². The molecule has 0 bridgehead atoms. The zero-order valence-corrected chi connectivity index (χ0v) is 18.0. The zero-order valence-electron chi connectivity index (χ0n) is 18.0. The number of ether oxygens (including phenoxy) is 2. The van der Waals surface area contributed by atoms with Crippen LogP contribution >= 0.6 is 0 Å². The molecule has 2 amide bonds. The van der Waals surface area contributed by atoms with Crippen LogP contribution in [0.3, 0.4) is 0 Å². The summed E-state index contributed by atoms with van der Waals surface area (Å²) in [7, 11) is 1.19. The number of hydrogen-bond donors (Lipinski definition) is 2. The molecule has 0 aromatic carbocycles. The number of allylic oxidation sites excluding steroid dienone is 1. The largest absolute Gasteiger partial charge is 0.465 e. The Kier molecular flexibility index (Phi) is 7.07. The normalized spacial score (nSPS) is 19.0. The van der Waals surface area contributed by atoms with Crippen molar-refractivity contribution in [3.63, 3.8) is 0 Å². The number of likely N-dealkylation sites (tertiary alicyclic amines) is 1. The third-order valence-corrected chi connectivity index (χ3v) is 4.91. The maximum atomic E-state index is 12.9. The van der Waals surface area contributed by atoms with Crippen molar-refractivity contribution in [3.05, 3.63) is 45.5 Å². The van der Waals surface area contributed by atoms with Crippen LogP contribution in [0.5, 0.6) is 0 Å². The molecule has 30 heavy (non-hydrogen) atoms. The molecule has 0 radical (unpaired) electrons. The fraction of sp³-hybridized carbons (Fsp3) is 0.524. The summed E-state index contributed by atoms with van der Waals surface area (Å²) in [5, 5.41) is 2.57. The molecule has 2 rings (SSSR count). The molecule has 9 nitrogen and oxygen atoms in total. The molecule has 1 fully saturated rings. The van der Waals surface area contributed by atoms with Gasteiger partial charge in [0.25, 0.3) is 5.56 Å². The van der Waals surface area contributed by atoms with E-state index in [0.29, 0.717) is 42.8 Å². The number of aryl methyl sites for hydroxylation is 1. The van der Waals surface area contributed by atoms with Gasteiger partial charge in [-0.3, -0.25) is 9.59 Å². The molecule has 0 aliphatic carbocycles. The highest BCUT2D eigenvalue weighted by Crippen LogP contribution is 2.38. The van der Waals surface area contributed by atoms with Crippen molar-refractivity contribution in [2.75, 3.05) is 13.7 Å². The first-order valence-electron chi connectivity index (χ1n) is 9.69. The first-order chi connectivity index (χ1) is 14.0. The Bertz CT molecular complexity index is 899. The Balaban J connectivity index is 2.56. The topological polar surface area (TPSA) is 118 Å². The molecule has 2 atom stereocenters. The van der Waals surface area contributed by atoms with E-state index in [2.05, 4.69) is 16.9 Å². The zero-order chi connectivity index (χ0) is 22.6. The molecular formula is C21H29N3O6. The second-order valence-corrected chi connectivity index (χ2v) is 8.30. The monoisotopic (exact) mass is 419 g/mol. The van der Waals surface area contributed by atoms with Crippen LogP contribution in [0.15, 0.2) is 23.1 Å². The van der Waals surface area contributed by atoms with E-state index in [0.717, 1.165) is 0 Å². The van der Waals surface area contributed by atoms with E-state index in [4.69, 9.17) is 9.47 Å². The fourth-order valence-electron chi connectivity index (χ4n) is 3.60. The number of H-pyrrole nitrogens is 1. The first kappa shape index (κ1) is 23.2. The van der Waals surface area contributed by atoms with Crippen LogP contribution in [0.2, 0.25) is 0 Å². The lowest BCUT2D eigenvalue weighted by Crippen LogP contribution is -2.45. The number of nitrogens with zero attached hydrogens (tertiary/aromatic N) is 1. The summed E-state index contributed by atoms with van der Waals surface area (Å²) < 4.78 is 10.4. The second-order valence-electron chi connectivity index (χ2n) is 8.30. The van der Waals surface area contributed by atoms with Gasteiger partial charge in [-0.1, -0.05) is 6.58 Å². The number of nitrogens with one attached hydrogen (secondary N) is 2. The van der Waals surface area contributed by atoms with Crippen LogP contribution in [0.25, 0.3) is 0 Å². The molecule has 1 aromatic rings. The van der Waals surface area contributed by atoms with Crippen LogP contribution in [-0.4, -0.2) is 47.6 Å². The summed E-state index contributed by atoms with van der Waals surface area (Å²) in [5.41, 5.74) is -0.0308. The minimum atomic E-state index is -0.789. The molecule has 0 saturated carbocycles. The Hall–Kier alpha value is -3.10. The van der Waals surface area contributed by atoms with Gasteiger partial charge in [0.15, 0.2) is 0 Å². The lowest BCUT2D eigenvalue weighted by atomic mass is 9.84. The molecule has 2 N–H and O–H groups in total. The maximum absolute atomic E-state index is 12.9. The number of esters is 1. The number of pyridine rings is 1. The van der Waals surface area contributed by atoms with Gasteiger partial charge in [-0.15, -0.1) is 0 Å². The van der Waals surface area contributed by atoms with Crippen molar-refractivity contribution in [1.29, 1.82) is 0 Å². The number of aromatic nitrogens is 1. The number of piperidine rings is 1. The van der Waals surface area contributed by atoms with E-state index in [9.17, 15) is 19.2 Å². The summed E-state index contributed by atoms with van der Waals surface area (Å²) in [6, 6.07) is 1.02. The van der Waals surface area contributed by atoms with Crippen molar-refractivity contribution in [2.45, 2.75) is 52.2 Å². The van der Waals surface area contributed by atoms with E-state index >= 15 is 0 Å². The van der Waals surface area contributed by atoms with Gasteiger partial charge in [0.1, 0.15) is 11.2 Å². The molecule has 1 aliphatic rings. The number of carbonyl (C=O) groups excluding carboxylic acids is 3. The number of amides is 2. The average molecular weight is 419 g/mol. The molecule has 9 heteroatoms. The number of rotatable bonds is 5. The number of hydrogen-bond acceptors (Lipinski definition) is 6. The second kappa shape index (κ2) is 9.15. The predicted octanol–water partition coefficient (Wildman–Crippen LogP) is 2.42. The van der Waals surface area contributed by atoms with Gasteiger partial charge in [-0.25, -0.2) is 9.59 Å². The molecule has 1 aliphatic heterocycles. The van der Waals surface area contributed by atoms with E-state index < -0.39 is 29.3 Å². The van der Waals surface area contributed by atoms with Crippen molar-refractivity contribution in [1.82, 2.24) is 15.2 Å². The SMILES string of the molecule is C=C(NC=O)C1CCN(C(=O)OC(C)(C)C)C(c2cc(C)[nH]c(=O)c2C(=O)OC)C1. The summed E-state index contributed by atoms with van der Waals surface area (Å²) in [6.45, 7) is 11.2. The Labute approximate surface area is 175 Å². The van der Waals surface area contributed by atoms with Crippen molar-refractivity contribution < 1.29 is 23.9 Å². The summed E-state index contributed by atoms with van der Waals surface area (Å²) in [4.78, 5) is 52.8. The van der Waals surface area contributed by atoms with E-state index in [1.54, 1.807) is 33.8 Å². The van der Waals surface area contributed by atoms with Gasteiger partial charge in [-0.2, -0.15) is 0 Å². The highest BCUT2D eigenvalue weighted by Gasteiger charge is 2.38. The number of methoxy groups -OCH3 is 1. The lowest BCUT2D eigenvalue weighted by Gasteiger charge is -2.41. The van der Waals surface area contributed by atoms with E-state index in [-0.39, 0.29) is 11.5 Å². The smallest absolute Gasteiger partial charge is 0.410 e. The fourth-order valence-corrected chi connectivity index (χ4v) is 3.60. The van der Waals surface area contributed by atoms with Crippen LogP contribution in [0.4, 0.5) is 4.79 Å². The predicted molar refractivity (Wildman–Crippen MR) is 110 cm³/mol. The first-order valence-corrected chi connectivity index (χ1v) is 9.69. The van der Waals surface area contributed by atoms with Crippen molar-refractivity contribution >= 4 is 18.5 Å². The van der Waals surface area contributed by atoms with E-state index in [1.165, 1.54) is 12.0 Å². The van der Waals surface area contributed by atoms with Gasteiger partial charge in [0.05, 0.1) is 13.2 Å². The molecule has 1 saturated heterocycles. The van der Waals surface area contributed by atoms with Gasteiger partial charge < -0.3 is 24.7 Å². The standard InChI is InChI=1S/C21H29N3O6/c1-12-9-15(17(18(26)23-12)19(27)29-6)16-10-14(13(2)22-11-25)7-8-24(16)20(28)30-21(3,4)5/h9,11,14,16H,2,7-8,10H2,1,3-6H3,(H,22,25)(H,23,26). The van der Waals surface area contributed by atoms with E-state index in [1.807, 2.05) is 0 Å². The van der Waals surface area contributed by atoms with Gasteiger partial charge in [0, 0.05) is 23.9 Å². The molecule has 164 valence electrons. The van der Waals surface area contributed by atoms with Crippen LogP contribution in [0, 0.1) is 12.8 Å². The molecule has 1 aromatic heterocycles. The average Bonchev–Trinajstić information content (AvgIpc) is 2.65. The summed E-state index contributed by atoms with van der Waals surface area (Å²) in [5.74, 6) is -0.939. The molecule has 2 heterocycles. The Morgan fingerprint density at radius 1 is 1.37 bits per heavy atom. The minimum Gasteiger partial charge on any atom is -0.465 e. The minimum absolute atomic E-state index is 0.149. The molecule has 2 unspecified atom stereocenters. The molecule has 0 spiro atoms. The number of carbonyl (C=O) groups is 3. The quantitative estimate of drug-likeness (QED) is 0.559. The highest BCUT2D eigenvalue weighted by molar-refractivity contribution is 5.91. The van der Waals surface area contributed by atoms with Gasteiger partial charge in [0.2, 0.25) is 6.41 Å². The van der Waals surface area contributed by atoms with Crippen LogP contribution < -0.4 is 10.9 Å². The van der Waals surface area contributed by atoms with Crippen molar-refractivity contribution in [2.24, 2.45) is 5.92 Å². The summed E-state index contributed by atoms with van der Waals surface area (Å²) >= 11 is 0. The highest BCUT2D eigenvalue weighted by atomic mass is 16.6. The lowest BCUT2D eigenvalue weighted by molar-refractivity contribution is -0.109. The third-order valence-electron chi connectivity index (χ3n) is 4.91. The Morgan fingerprint density at radius 2 is 2.03 bits per heavy atom. The van der Waals surface area contributed by atoms with Crippen LogP contribution in [0.1, 0.15) is 61.3 Å². The molecular weight excluding hydrogens is 390 g/mol. The maximum Gasteiger partial charge on any atom is 0.410 e. The third kappa shape index (κ3) is 5.28. The Morgan fingerprint density at radius 3 is 2.60 bits per heavy atom. The summed E-state index contributed by atoms with van der Waals surface area (Å²) in [6.07, 6.45) is 0.903. The number of aromatic amines is 1.